The fraction of sp³-hybridized carbons (Fsp3) is 0.750. The Morgan fingerprint density at radius 3 is 2.55 bits per heavy atom. The molecular formula is C12H22N6O2. The molecule has 4 N–H and O–H groups in total. The Hall–Kier alpha value is -1.67. The van der Waals surface area contributed by atoms with Crippen molar-refractivity contribution < 1.29 is 9.47 Å². The minimum Gasteiger partial charge on any atom is -0.464 e. The zero-order valence-electron chi connectivity index (χ0n) is 12.3. The normalized spacial score (nSPS) is 23.9. The lowest BCUT2D eigenvalue weighted by Crippen LogP contribution is -2.57. The lowest BCUT2D eigenvalue weighted by molar-refractivity contribution is -0.0796. The van der Waals surface area contributed by atoms with Gasteiger partial charge in [-0.15, -0.1) is 0 Å². The standard InChI is InChI=1S/C12H22N6O2/c1-5-20-11-16-9(15-10(17-11)18-13)14-7-6-8(19-4)12(7,2)3/h7-8H,5-6,13H2,1-4H3,(H2,14,15,16,17,18). The zero-order valence-corrected chi connectivity index (χ0v) is 12.3. The summed E-state index contributed by atoms with van der Waals surface area (Å²) in [4.78, 5) is 12.4. The maximum Gasteiger partial charge on any atom is 0.323 e. The highest BCUT2D eigenvalue weighted by Crippen LogP contribution is 2.43. The zero-order chi connectivity index (χ0) is 14.8. The van der Waals surface area contributed by atoms with Crippen molar-refractivity contribution in [1.82, 2.24) is 15.0 Å². The molecule has 1 aliphatic carbocycles. The van der Waals surface area contributed by atoms with Gasteiger partial charge in [0.1, 0.15) is 0 Å². The molecule has 1 aliphatic rings. The molecule has 0 saturated heterocycles. The van der Waals surface area contributed by atoms with E-state index >= 15 is 0 Å². The van der Waals surface area contributed by atoms with Gasteiger partial charge in [-0.3, -0.25) is 5.43 Å². The Bertz CT molecular complexity index is 467. The first kappa shape index (κ1) is 14.7. The third kappa shape index (κ3) is 2.75. The van der Waals surface area contributed by atoms with Gasteiger partial charge in [0.2, 0.25) is 11.9 Å². The fourth-order valence-corrected chi connectivity index (χ4v) is 2.37. The molecule has 20 heavy (non-hydrogen) atoms. The number of methoxy groups -OCH3 is 1. The molecule has 0 spiro atoms. The second kappa shape index (κ2) is 5.76. The molecule has 2 unspecified atom stereocenters. The van der Waals surface area contributed by atoms with E-state index in [0.29, 0.717) is 12.6 Å². The summed E-state index contributed by atoms with van der Waals surface area (Å²) in [5.41, 5.74) is 2.43. The number of nitrogens with zero attached hydrogens (tertiary/aromatic N) is 3. The van der Waals surface area contributed by atoms with Crippen molar-refractivity contribution in [3.63, 3.8) is 0 Å². The van der Waals surface area contributed by atoms with Crippen molar-refractivity contribution in [3.05, 3.63) is 0 Å². The smallest absolute Gasteiger partial charge is 0.323 e. The van der Waals surface area contributed by atoms with Crippen LogP contribution in [0.5, 0.6) is 6.01 Å². The minimum absolute atomic E-state index is 0.0173. The molecule has 1 saturated carbocycles. The predicted molar refractivity (Wildman–Crippen MR) is 75.4 cm³/mol. The number of nitrogens with two attached hydrogens (primary N) is 1. The van der Waals surface area contributed by atoms with Crippen LogP contribution < -0.4 is 21.3 Å². The van der Waals surface area contributed by atoms with E-state index in [-0.39, 0.29) is 29.5 Å². The summed E-state index contributed by atoms with van der Waals surface area (Å²) >= 11 is 0. The maximum atomic E-state index is 5.43. The molecule has 8 heteroatoms. The number of hydrazine groups is 1. The molecule has 0 radical (unpaired) electrons. The third-order valence-corrected chi connectivity index (χ3v) is 3.78. The van der Waals surface area contributed by atoms with Crippen molar-refractivity contribution in [3.8, 4) is 6.01 Å². The van der Waals surface area contributed by atoms with E-state index < -0.39 is 0 Å². The van der Waals surface area contributed by atoms with Crippen LogP contribution in [0.2, 0.25) is 0 Å². The van der Waals surface area contributed by atoms with Crippen LogP contribution in [-0.2, 0) is 4.74 Å². The number of nitrogen functional groups attached to an aromatic ring is 1. The highest BCUT2D eigenvalue weighted by molar-refractivity contribution is 5.37. The number of hydrogen-bond donors (Lipinski definition) is 3. The van der Waals surface area contributed by atoms with E-state index in [1.807, 2.05) is 6.92 Å². The summed E-state index contributed by atoms with van der Waals surface area (Å²) in [6.07, 6.45) is 1.14. The second-order valence-corrected chi connectivity index (χ2v) is 5.32. The molecule has 0 aliphatic heterocycles. The van der Waals surface area contributed by atoms with Crippen LogP contribution in [0.4, 0.5) is 11.9 Å². The summed E-state index contributed by atoms with van der Waals surface area (Å²) in [5.74, 6) is 6.07. The van der Waals surface area contributed by atoms with Gasteiger partial charge < -0.3 is 14.8 Å². The van der Waals surface area contributed by atoms with E-state index in [9.17, 15) is 0 Å². The highest BCUT2D eigenvalue weighted by atomic mass is 16.5. The van der Waals surface area contributed by atoms with E-state index in [4.69, 9.17) is 15.3 Å². The van der Waals surface area contributed by atoms with E-state index in [2.05, 4.69) is 39.5 Å². The molecule has 0 amide bonds. The van der Waals surface area contributed by atoms with Crippen LogP contribution in [0.1, 0.15) is 27.2 Å². The highest BCUT2D eigenvalue weighted by Gasteiger charge is 2.48. The van der Waals surface area contributed by atoms with Gasteiger partial charge in [0.05, 0.1) is 12.7 Å². The molecule has 0 aromatic carbocycles. The largest absolute Gasteiger partial charge is 0.464 e. The number of ether oxygens (including phenoxy) is 2. The molecule has 1 heterocycles. The second-order valence-electron chi connectivity index (χ2n) is 5.32. The molecule has 1 aromatic rings. The van der Waals surface area contributed by atoms with Crippen molar-refractivity contribution in [2.45, 2.75) is 39.3 Å². The van der Waals surface area contributed by atoms with Gasteiger partial charge in [-0.1, -0.05) is 13.8 Å². The number of anilines is 2. The molecule has 112 valence electrons. The van der Waals surface area contributed by atoms with E-state index in [0.717, 1.165) is 6.42 Å². The van der Waals surface area contributed by atoms with Gasteiger partial charge >= 0.3 is 6.01 Å². The lowest BCUT2D eigenvalue weighted by atomic mass is 9.64. The third-order valence-electron chi connectivity index (χ3n) is 3.78. The van der Waals surface area contributed by atoms with Crippen LogP contribution in [-0.4, -0.2) is 40.8 Å². The van der Waals surface area contributed by atoms with E-state index in [1.54, 1.807) is 7.11 Å². The van der Waals surface area contributed by atoms with Crippen LogP contribution in [0.25, 0.3) is 0 Å². The Labute approximate surface area is 118 Å². The van der Waals surface area contributed by atoms with Crippen LogP contribution in [0, 0.1) is 5.41 Å². The van der Waals surface area contributed by atoms with Crippen molar-refractivity contribution >= 4 is 11.9 Å². The number of rotatable bonds is 6. The van der Waals surface area contributed by atoms with Crippen molar-refractivity contribution in [2.75, 3.05) is 24.5 Å². The number of hydrogen-bond acceptors (Lipinski definition) is 8. The fourth-order valence-electron chi connectivity index (χ4n) is 2.37. The van der Waals surface area contributed by atoms with Gasteiger partial charge in [0.15, 0.2) is 0 Å². The number of nitrogens with one attached hydrogen (secondary N) is 2. The molecular weight excluding hydrogens is 260 g/mol. The van der Waals surface area contributed by atoms with Gasteiger partial charge in [0, 0.05) is 18.6 Å². The summed E-state index contributed by atoms with van der Waals surface area (Å²) in [6, 6.07) is 0.480. The minimum atomic E-state index is 0.0173. The summed E-state index contributed by atoms with van der Waals surface area (Å²) in [7, 11) is 1.73. The van der Waals surface area contributed by atoms with E-state index in [1.165, 1.54) is 0 Å². The Kier molecular flexibility index (Phi) is 4.24. The van der Waals surface area contributed by atoms with Crippen LogP contribution in [0.15, 0.2) is 0 Å². The number of aromatic nitrogens is 3. The molecule has 1 aromatic heterocycles. The summed E-state index contributed by atoms with van der Waals surface area (Å²) in [5, 5.41) is 3.29. The summed E-state index contributed by atoms with van der Waals surface area (Å²) in [6.45, 7) is 6.64. The molecule has 8 nitrogen and oxygen atoms in total. The quantitative estimate of drug-likeness (QED) is 0.519. The average molecular weight is 282 g/mol. The first-order chi connectivity index (χ1) is 9.51. The topological polar surface area (TPSA) is 107 Å². The van der Waals surface area contributed by atoms with Gasteiger partial charge in [-0.2, -0.15) is 15.0 Å². The predicted octanol–water partition coefficient (Wildman–Crippen LogP) is 0.781. The molecule has 2 rings (SSSR count). The van der Waals surface area contributed by atoms with Gasteiger partial charge in [-0.25, -0.2) is 5.84 Å². The van der Waals surface area contributed by atoms with Crippen molar-refractivity contribution in [2.24, 2.45) is 11.3 Å². The average Bonchev–Trinajstić information content (AvgIpc) is 2.43. The Morgan fingerprint density at radius 1 is 1.30 bits per heavy atom. The molecule has 2 atom stereocenters. The first-order valence-electron chi connectivity index (χ1n) is 6.66. The molecule has 0 bridgehead atoms. The SMILES string of the molecule is CCOc1nc(NN)nc(NC2CC(OC)C2(C)C)n1. The van der Waals surface area contributed by atoms with Crippen LogP contribution in [0.3, 0.4) is 0 Å². The van der Waals surface area contributed by atoms with Gasteiger partial charge in [-0.05, 0) is 13.3 Å². The first-order valence-corrected chi connectivity index (χ1v) is 6.66. The van der Waals surface area contributed by atoms with Crippen molar-refractivity contribution in [1.29, 1.82) is 0 Å². The molecule has 1 fully saturated rings. The van der Waals surface area contributed by atoms with Crippen LogP contribution >= 0.6 is 0 Å². The lowest BCUT2D eigenvalue weighted by Gasteiger charge is -2.51. The monoisotopic (exact) mass is 282 g/mol. The summed E-state index contributed by atoms with van der Waals surface area (Å²) < 4.78 is 10.7. The Morgan fingerprint density at radius 2 is 2.00 bits per heavy atom. The Balaban J connectivity index is 2.11. The maximum absolute atomic E-state index is 5.43. The van der Waals surface area contributed by atoms with Gasteiger partial charge in [0.25, 0.3) is 0 Å².